The monoisotopic (exact) mass is 357 g/mol. The third-order valence-electron chi connectivity index (χ3n) is 4.71. The summed E-state index contributed by atoms with van der Waals surface area (Å²) in [4.78, 5) is 30.3. The Morgan fingerprint density at radius 1 is 0.963 bits per heavy atom. The van der Waals surface area contributed by atoms with Gasteiger partial charge in [-0.25, -0.2) is 4.98 Å². The maximum absolute atomic E-state index is 13.5. The lowest BCUT2D eigenvalue weighted by molar-refractivity contribution is 0.833. The molecule has 0 amide bonds. The number of hydrogen-bond acceptors (Lipinski definition) is 3. The van der Waals surface area contributed by atoms with Crippen molar-refractivity contribution in [2.45, 2.75) is 13.3 Å². The van der Waals surface area contributed by atoms with Gasteiger partial charge in [-0.2, -0.15) is 0 Å². The molecule has 0 bridgehead atoms. The van der Waals surface area contributed by atoms with Crippen LogP contribution in [0.4, 0.5) is 0 Å². The first kappa shape index (κ1) is 17.0. The van der Waals surface area contributed by atoms with Gasteiger partial charge in [-0.3, -0.25) is 14.2 Å². The zero-order valence-corrected chi connectivity index (χ0v) is 15.2. The lowest BCUT2D eigenvalue weighted by Gasteiger charge is -2.14. The van der Waals surface area contributed by atoms with Gasteiger partial charge in [0, 0.05) is 25.7 Å². The zero-order valence-electron chi connectivity index (χ0n) is 15.2. The third kappa shape index (κ3) is 2.87. The molecule has 4 rings (SSSR count). The van der Waals surface area contributed by atoms with Crippen molar-refractivity contribution in [3.8, 4) is 16.8 Å². The van der Waals surface area contributed by atoms with Crippen molar-refractivity contribution in [1.29, 1.82) is 0 Å². The molecule has 134 valence electrons. The predicted octanol–water partition coefficient (Wildman–Crippen LogP) is 3.31. The second-order valence-electron chi connectivity index (χ2n) is 6.42. The minimum Gasteiger partial charge on any atom is -0.319 e. The summed E-state index contributed by atoms with van der Waals surface area (Å²) in [7, 11) is 1.70. The molecular formula is C22H19N3O2. The van der Waals surface area contributed by atoms with Crippen molar-refractivity contribution in [2.24, 2.45) is 7.05 Å². The molecule has 0 spiro atoms. The first-order valence-electron chi connectivity index (χ1n) is 8.87. The largest absolute Gasteiger partial charge is 0.319 e. The molecule has 2 heterocycles. The Morgan fingerprint density at radius 2 is 1.74 bits per heavy atom. The molecule has 0 aliphatic carbocycles. The van der Waals surface area contributed by atoms with Crippen LogP contribution in [0.1, 0.15) is 12.7 Å². The highest BCUT2D eigenvalue weighted by Crippen LogP contribution is 2.25. The molecule has 4 aromatic rings. The lowest BCUT2D eigenvalue weighted by Crippen LogP contribution is -2.24. The standard InChI is InChI=1S/C22H19N3O2/c1-3-19-23-18-11-7-10-17(15-12-13-24(2)20(26)14-15)21(18)22(27)25(19)16-8-5-4-6-9-16/h4-14H,3H2,1-2H3. The van der Waals surface area contributed by atoms with Gasteiger partial charge in [0.15, 0.2) is 0 Å². The summed E-state index contributed by atoms with van der Waals surface area (Å²) in [5, 5.41) is 0.520. The normalized spacial score (nSPS) is 11.0. The Labute approximate surface area is 156 Å². The van der Waals surface area contributed by atoms with E-state index in [1.165, 1.54) is 4.57 Å². The van der Waals surface area contributed by atoms with Crippen LogP contribution in [0.2, 0.25) is 0 Å². The molecule has 2 aromatic carbocycles. The number of aromatic nitrogens is 3. The first-order valence-corrected chi connectivity index (χ1v) is 8.87. The molecule has 0 fully saturated rings. The highest BCUT2D eigenvalue weighted by molar-refractivity contribution is 5.94. The summed E-state index contributed by atoms with van der Waals surface area (Å²) in [5.41, 5.74) is 2.61. The molecule has 0 aliphatic rings. The maximum Gasteiger partial charge on any atom is 0.266 e. The minimum atomic E-state index is -0.126. The van der Waals surface area contributed by atoms with Gasteiger partial charge in [0.2, 0.25) is 0 Å². The highest BCUT2D eigenvalue weighted by atomic mass is 16.1. The topological polar surface area (TPSA) is 56.9 Å². The fraction of sp³-hybridized carbons (Fsp3) is 0.136. The van der Waals surface area contributed by atoms with Gasteiger partial charge < -0.3 is 4.57 Å². The van der Waals surface area contributed by atoms with E-state index >= 15 is 0 Å². The van der Waals surface area contributed by atoms with Gasteiger partial charge in [-0.05, 0) is 35.4 Å². The van der Waals surface area contributed by atoms with E-state index in [1.54, 1.807) is 23.9 Å². The van der Waals surface area contributed by atoms with Crippen molar-refractivity contribution in [3.63, 3.8) is 0 Å². The van der Waals surface area contributed by atoms with Gasteiger partial charge in [0.25, 0.3) is 11.1 Å². The average molecular weight is 357 g/mol. The van der Waals surface area contributed by atoms with Crippen LogP contribution in [0, 0.1) is 0 Å². The van der Waals surface area contributed by atoms with E-state index in [2.05, 4.69) is 0 Å². The molecule has 0 N–H and O–H groups in total. The summed E-state index contributed by atoms with van der Waals surface area (Å²) in [6.45, 7) is 1.98. The van der Waals surface area contributed by atoms with Gasteiger partial charge >= 0.3 is 0 Å². The molecule has 0 unspecified atom stereocenters. The molecule has 27 heavy (non-hydrogen) atoms. The molecule has 0 saturated carbocycles. The minimum absolute atomic E-state index is 0.119. The number of aryl methyl sites for hydroxylation is 2. The second kappa shape index (κ2) is 6.68. The van der Waals surface area contributed by atoms with Crippen LogP contribution in [-0.2, 0) is 13.5 Å². The number of nitrogens with zero attached hydrogens (tertiary/aromatic N) is 3. The van der Waals surface area contributed by atoms with Crippen LogP contribution in [0.25, 0.3) is 27.7 Å². The number of para-hydroxylation sites is 1. The van der Waals surface area contributed by atoms with E-state index in [4.69, 9.17) is 4.98 Å². The Bertz CT molecular complexity index is 1250. The summed E-state index contributed by atoms with van der Waals surface area (Å²) < 4.78 is 3.16. The molecule has 2 aromatic heterocycles. The molecule has 0 saturated heterocycles. The Morgan fingerprint density at radius 3 is 2.44 bits per heavy atom. The van der Waals surface area contributed by atoms with E-state index in [9.17, 15) is 9.59 Å². The SMILES string of the molecule is CCc1nc2cccc(-c3ccn(C)c(=O)c3)c2c(=O)n1-c1ccccc1. The van der Waals surface area contributed by atoms with Gasteiger partial charge in [0.05, 0.1) is 16.6 Å². The van der Waals surface area contributed by atoms with Gasteiger partial charge in [-0.1, -0.05) is 37.3 Å². The van der Waals surface area contributed by atoms with Gasteiger partial charge in [0.1, 0.15) is 5.82 Å². The summed E-state index contributed by atoms with van der Waals surface area (Å²) >= 11 is 0. The average Bonchev–Trinajstić information content (AvgIpc) is 2.70. The van der Waals surface area contributed by atoms with Crippen LogP contribution >= 0.6 is 0 Å². The van der Waals surface area contributed by atoms with Crippen molar-refractivity contribution in [3.05, 3.63) is 93.4 Å². The first-order chi connectivity index (χ1) is 13.1. The smallest absolute Gasteiger partial charge is 0.266 e. The Kier molecular flexibility index (Phi) is 4.20. The van der Waals surface area contributed by atoms with Crippen LogP contribution < -0.4 is 11.1 Å². The summed E-state index contributed by atoms with van der Waals surface area (Å²) in [5.74, 6) is 0.708. The van der Waals surface area contributed by atoms with E-state index in [-0.39, 0.29) is 11.1 Å². The Balaban J connectivity index is 2.10. The van der Waals surface area contributed by atoms with Crippen molar-refractivity contribution in [2.75, 3.05) is 0 Å². The lowest BCUT2D eigenvalue weighted by atomic mass is 10.0. The van der Waals surface area contributed by atoms with Crippen LogP contribution in [0.15, 0.2) is 76.4 Å². The fourth-order valence-corrected chi connectivity index (χ4v) is 3.31. The number of benzene rings is 2. The molecule has 5 nitrogen and oxygen atoms in total. The maximum atomic E-state index is 13.5. The Hall–Kier alpha value is -3.47. The van der Waals surface area contributed by atoms with Crippen LogP contribution in [0.5, 0.6) is 0 Å². The second-order valence-corrected chi connectivity index (χ2v) is 6.42. The number of rotatable bonds is 3. The fourth-order valence-electron chi connectivity index (χ4n) is 3.31. The predicted molar refractivity (Wildman–Crippen MR) is 107 cm³/mol. The summed E-state index contributed by atoms with van der Waals surface area (Å²) in [6.07, 6.45) is 2.34. The highest BCUT2D eigenvalue weighted by Gasteiger charge is 2.15. The van der Waals surface area contributed by atoms with Crippen molar-refractivity contribution < 1.29 is 0 Å². The molecule has 0 radical (unpaired) electrons. The van der Waals surface area contributed by atoms with Gasteiger partial charge in [-0.15, -0.1) is 0 Å². The van der Waals surface area contributed by atoms with Crippen LogP contribution in [-0.4, -0.2) is 14.1 Å². The quantitative estimate of drug-likeness (QED) is 0.565. The summed E-state index contributed by atoms with van der Waals surface area (Å²) in [6, 6.07) is 18.5. The van der Waals surface area contributed by atoms with E-state index in [0.717, 1.165) is 11.3 Å². The number of pyridine rings is 1. The molecule has 0 aliphatic heterocycles. The van der Waals surface area contributed by atoms with E-state index in [1.807, 2.05) is 61.5 Å². The van der Waals surface area contributed by atoms with E-state index in [0.29, 0.717) is 28.7 Å². The van der Waals surface area contributed by atoms with Crippen LogP contribution in [0.3, 0.4) is 0 Å². The van der Waals surface area contributed by atoms with Crippen molar-refractivity contribution >= 4 is 10.9 Å². The molecule has 0 atom stereocenters. The third-order valence-corrected chi connectivity index (χ3v) is 4.71. The number of fused-ring (bicyclic) bond motifs is 1. The van der Waals surface area contributed by atoms with E-state index < -0.39 is 0 Å². The zero-order chi connectivity index (χ0) is 19.0. The molecule has 5 heteroatoms. The van der Waals surface area contributed by atoms with Crippen molar-refractivity contribution in [1.82, 2.24) is 14.1 Å². The number of hydrogen-bond donors (Lipinski definition) is 0. The molecular weight excluding hydrogens is 338 g/mol.